The fourth-order valence-corrected chi connectivity index (χ4v) is 14.5. The molecule has 10 aromatic rings. The summed E-state index contributed by atoms with van der Waals surface area (Å²) in [5.41, 5.74) is 38.7. The lowest BCUT2D eigenvalue weighted by Gasteiger charge is -2.47. The fourth-order valence-electron chi connectivity index (χ4n) is 14.5. The topological polar surface area (TPSA) is 22.6 Å². The van der Waals surface area contributed by atoms with Gasteiger partial charge in [0.2, 0.25) is 6.71 Å². The summed E-state index contributed by atoms with van der Waals surface area (Å²) >= 11 is 0. The second-order valence-electron chi connectivity index (χ2n) is 23.2. The standard InChI is InChI=1S/C69H61B3N4/c1-38-13-21-50(22-14-38)74-57-25-17-40(3)33-53(57)70-54-34-41(4)18-26-58(54)75(51-23-15-39(2)16-24-51)67-65(70)61(74)37-52-64-68-69(73-66(52)67)72(63-48(11)31-45(8)32-49(63)12)56-36-43(6)20-28-60(56)76(68)59-27-19-42(5)35-55(59)71(64)62-46(9)29-44(7)30-47(62)10/h13-37H,1-12H3. The van der Waals surface area contributed by atoms with Gasteiger partial charge in [-0.15, -0.1) is 0 Å². The number of nitrogens with zero attached hydrogens (tertiary/aromatic N) is 4. The predicted molar refractivity (Wildman–Crippen MR) is 329 cm³/mol. The Hall–Kier alpha value is -8.02. The Bertz CT molecular complexity index is 4100. The summed E-state index contributed by atoms with van der Waals surface area (Å²) in [5, 5.41) is 1.18. The van der Waals surface area contributed by atoms with Gasteiger partial charge >= 0.3 is 0 Å². The Balaban J connectivity index is 1.25. The minimum Gasteiger partial charge on any atom is -0.311 e. The summed E-state index contributed by atoms with van der Waals surface area (Å²) < 4.78 is 0. The van der Waals surface area contributed by atoms with E-state index in [1.807, 2.05) is 0 Å². The monoisotopic (exact) mass is 979 g/mol. The zero-order valence-electron chi connectivity index (χ0n) is 46.0. The van der Waals surface area contributed by atoms with E-state index in [1.165, 1.54) is 150 Å². The van der Waals surface area contributed by atoms with Crippen molar-refractivity contribution in [2.75, 3.05) is 14.7 Å². The van der Waals surface area contributed by atoms with E-state index in [1.54, 1.807) is 0 Å². The van der Waals surface area contributed by atoms with Crippen LogP contribution in [0.5, 0.6) is 0 Å². The van der Waals surface area contributed by atoms with Crippen LogP contribution in [-0.4, -0.2) is 25.1 Å². The van der Waals surface area contributed by atoms with Gasteiger partial charge in [0.05, 0.1) is 16.9 Å². The highest BCUT2D eigenvalue weighted by Gasteiger charge is 2.50. The molecule has 7 heteroatoms. The van der Waals surface area contributed by atoms with Crippen molar-refractivity contribution in [2.24, 2.45) is 0 Å². The van der Waals surface area contributed by atoms with Gasteiger partial charge in [-0.05, 0) is 170 Å². The number of hydrogen-bond acceptors (Lipinski definition) is 4. The second kappa shape index (κ2) is 16.7. The molecule has 76 heavy (non-hydrogen) atoms. The zero-order valence-corrected chi connectivity index (χ0v) is 46.0. The van der Waals surface area contributed by atoms with E-state index >= 15 is 0 Å². The number of pyridine rings is 1. The molecule has 14 rings (SSSR count). The highest BCUT2D eigenvalue weighted by Crippen LogP contribution is 2.49. The quantitative estimate of drug-likeness (QED) is 0.164. The summed E-state index contributed by atoms with van der Waals surface area (Å²) in [6.45, 7) is 26.9. The highest BCUT2D eigenvalue weighted by molar-refractivity contribution is 7.04. The maximum atomic E-state index is 6.49. The molecule has 0 radical (unpaired) electrons. The zero-order chi connectivity index (χ0) is 52.3. The first-order valence-electron chi connectivity index (χ1n) is 27.3. The molecule has 4 aliphatic heterocycles. The van der Waals surface area contributed by atoms with Gasteiger partial charge in [0.1, 0.15) is 0 Å². The first-order chi connectivity index (χ1) is 36.6. The van der Waals surface area contributed by atoms with E-state index in [-0.39, 0.29) is 20.1 Å². The van der Waals surface area contributed by atoms with Crippen molar-refractivity contribution in [3.63, 3.8) is 0 Å². The summed E-state index contributed by atoms with van der Waals surface area (Å²) in [5.74, 6) is 0. The molecule has 0 amide bonds. The highest BCUT2D eigenvalue weighted by atomic mass is 15.2. The molecule has 0 unspecified atom stereocenters. The van der Waals surface area contributed by atoms with Crippen LogP contribution in [0.1, 0.15) is 66.8 Å². The molecule has 4 aliphatic rings. The van der Waals surface area contributed by atoms with E-state index in [4.69, 9.17) is 4.98 Å². The average molecular weight is 979 g/mol. The molecule has 0 saturated heterocycles. The molecule has 9 aromatic carbocycles. The van der Waals surface area contributed by atoms with Crippen LogP contribution in [0.4, 0.5) is 51.2 Å². The normalized spacial score (nSPS) is 13.6. The Morgan fingerprint density at radius 2 is 0.671 bits per heavy atom. The molecule has 5 heterocycles. The van der Waals surface area contributed by atoms with Crippen LogP contribution < -0.4 is 64.0 Å². The van der Waals surface area contributed by atoms with E-state index in [9.17, 15) is 0 Å². The van der Waals surface area contributed by atoms with Crippen LogP contribution in [0.25, 0.3) is 10.9 Å². The summed E-state index contributed by atoms with van der Waals surface area (Å²) in [6.07, 6.45) is 0. The number of rotatable bonds is 4. The Morgan fingerprint density at radius 1 is 0.289 bits per heavy atom. The molecule has 0 spiro atoms. The predicted octanol–water partition coefficient (Wildman–Crippen LogP) is 11.1. The third-order valence-electron chi connectivity index (χ3n) is 17.4. The fraction of sp³-hybridized carbons (Fsp3) is 0.174. The van der Waals surface area contributed by atoms with Gasteiger partial charge < -0.3 is 14.7 Å². The lowest BCUT2D eigenvalue weighted by atomic mass is 9.29. The van der Waals surface area contributed by atoms with Crippen LogP contribution in [-0.2, 0) is 0 Å². The maximum Gasteiger partial charge on any atom is 0.270 e. The van der Waals surface area contributed by atoms with Gasteiger partial charge in [0, 0.05) is 50.8 Å². The summed E-state index contributed by atoms with van der Waals surface area (Å²) in [4.78, 5) is 14.3. The van der Waals surface area contributed by atoms with Crippen LogP contribution in [0, 0.1) is 83.1 Å². The van der Waals surface area contributed by atoms with Crippen molar-refractivity contribution in [1.82, 2.24) is 4.98 Å². The lowest BCUT2D eigenvalue weighted by molar-refractivity contribution is 1.23. The maximum absolute atomic E-state index is 6.49. The van der Waals surface area contributed by atoms with E-state index in [2.05, 4.69) is 249 Å². The number of fused-ring (bicyclic) bond motifs is 11. The second-order valence-corrected chi connectivity index (χ2v) is 23.2. The van der Waals surface area contributed by atoms with Crippen molar-refractivity contribution in [2.45, 2.75) is 83.1 Å². The largest absolute Gasteiger partial charge is 0.311 e. The van der Waals surface area contributed by atoms with E-state index in [0.717, 1.165) is 28.2 Å². The molecule has 0 saturated carbocycles. The number of aryl methyl sites for hydroxylation is 12. The van der Waals surface area contributed by atoms with E-state index < -0.39 is 0 Å². The summed E-state index contributed by atoms with van der Waals surface area (Å²) in [6, 6.07) is 59.3. The van der Waals surface area contributed by atoms with Crippen molar-refractivity contribution < 1.29 is 0 Å². The SMILES string of the molecule is Cc1ccc(N2c3ccc(C)cc3B3c4cc(C)ccc4N(c4ccc(C)cc4)c4c3c2cc2c3c5c(nc42)B(c2c(C)cc(C)cc2C)c2cc(C)ccc2N5c2ccc(C)cc2B3c2c(C)cc(C)cc2C)cc1. The number of benzene rings is 9. The molecule has 0 N–H and O–H groups in total. The van der Waals surface area contributed by atoms with Crippen molar-refractivity contribution in [3.05, 3.63) is 218 Å². The van der Waals surface area contributed by atoms with Gasteiger partial charge in [0.15, 0.2) is 0 Å². The molecule has 1 aromatic heterocycles. The molecule has 0 atom stereocenters. The average Bonchev–Trinajstić information content (AvgIpc) is 3.47. The molecule has 0 aliphatic carbocycles. The van der Waals surface area contributed by atoms with Crippen LogP contribution in [0.15, 0.2) is 152 Å². The first kappa shape index (κ1) is 46.5. The van der Waals surface area contributed by atoms with Crippen molar-refractivity contribution in [1.29, 1.82) is 0 Å². The first-order valence-corrected chi connectivity index (χ1v) is 27.3. The summed E-state index contributed by atoms with van der Waals surface area (Å²) in [7, 11) is 0. The van der Waals surface area contributed by atoms with Crippen LogP contribution in [0.3, 0.4) is 0 Å². The smallest absolute Gasteiger partial charge is 0.270 e. The molecule has 0 fully saturated rings. The molecule has 0 bridgehead atoms. The van der Waals surface area contributed by atoms with Crippen molar-refractivity contribution >= 4 is 132 Å². The number of aromatic nitrogens is 1. The molecule has 4 nitrogen and oxygen atoms in total. The molecule has 366 valence electrons. The molecular weight excluding hydrogens is 917 g/mol. The molecular formula is C69H61B3N4. The third kappa shape index (κ3) is 6.70. The van der Waals surface area contributed by atoms with Gasteiger partial charge in [0.25, 0.3) is 13.4 Å². The Morgan fingerprint density at radius 3 is 1.14 bits per heavy atom. The number of hydrogen-bond donors (Lipinski definition) is 0. The third-order valence-corrected chi connectivity index (χ3v) is 17.4. The van der Waals surface area contributed by atoms with E-state index in [0.29, 0.717) is 0 Å². The van der Waals surface area contributed by atoms with Crippen LogP contribution in [0.2, 0.25) is 0 Å². The Kier molecular flexibility index (Phi) is 10.2. The lowest BCUT2D eigenvalue weighted by Crippen LogP contribution is -2.67. The van der Waals surface area contributed by atoms with Crippen LogP contribution >= 0.6 is 0 Å². The minimum atomic E-state index is -0.143. The van der Waals surface area contributed by atoms with Crippen molar-refractivity contribution in [3.8, 4) is 0 Å². The Labute approximate surface area is 450 Å². The van der Waals surface area contributed by atoms with Gasteiger partial charge in [-0.25, -0.2) is 0 Å². The van der Waals surface area contributed by atoms with Gasteiger partial charge in [-0.1, -0.05) is 175 Å². The number of anilines is 9. The van der Waals surface area contributed by atoms with Gasteiger partial charge in [-0.2, -0.15) is 0 Å². The van der Waals surface area contributed by atoms with Gasteiger partial charge in [-0.3, -0.25) is 4.98 Å². The minimum absolute atomic E-state index is 0.0604.